The van der Waals surface area contributed by atoms with Gasteiger partial charge in [-0.3, -0.25) is 4.98 Å². The minimum absolute atomic E-state index is 0.0354. The van der Waals surface area contributed by atoms with E-state index >= 15 is 0 Å². The molecule has 1 atom stereocenters. The molecule has 5 nitrogen and oxygen atoms in total. The summed E-state index contributed by atoms with van der Waals surface area (Å²) in [5.41, 5.74) is 2.21. The zero-order chi connectivity index (χ0) is 21.1. The Morgan fingerprint density at radius 3 is 2.60 bits per heavy atom. The van der Waals surface area contributed by atoms with Crippen molar-refractivity contribution in [2.75, 3.05) is 31.1 Å². The Morgan fingerprint density at radius 1 is 1.07 bits per heavy atom. The molecule has 156 valence electrons. The van der Waals surface area contributed by atoms with E-state index < -0.39 is 11.9 Å². The third kappa shape index (κ3) is 4.51. The summed E-state index contributed by atoms with van der Waals surface area (Å²) in [7, 11) is 0. The predicted octanol–water partition coefficient (Wildman–Crippen LogP) is 5.14. The number of hydrogen-bond acceptors (Lipinski definition) is 5. The van der Waals surface area contributed by atoms with E-state index in [9.17, 15) is 4.39 Å². The molecule has 0 unspecified atom stereocenters. The molecule has 1 aliphatic rings. The highest BCUT2D eigenvalue weighted by atomic mass is 35.5. The van der Waals surface area contributed by atoms with Gasteiger partial charge in [-0.15, -0.1) is 0 Å². The molecule has 0 aliphatic carbocycles. The van der Waals surface area contributed by atoms with Gasteiger partial charge in [0.05, 0.1) is 11.2 Å². The van der Waals surface area contributed by atoms with E-state index in [2.05, 4.69) is 20.2 Å². The van der Waals surface area contributed by atoms with Gasteiger partial charge in [0.2, 0.25) is 0 Å². The maximum Gasteiger partial charge on any atom is 0.142 e. The maximum atomic E-state index is 13.8. The fourth-order valence-corrected chi connectivity index (χ4v) is 4.14. The number of pyridine rings is 2. The van der Waals surface area contributed by atoms with E-state index in [1.54, 1.807) is 19.3 Å². The van der Waals surface area contributed by atoms with Crippen LogP contribution in [0.25, 0.3) is 11.1 Å². The number of hydrogen-bond donors (Lipinski definition) is 1. The van der Waals surface area contributed by atoms with Gasteiger partial charge in [-0.05, 0) is 37.3 Å². The monoisotopic (exact) mass is 446 g/mol. The molecule has 30 heavy (non-hydrogen) atoms. The molecule has 1 aromatic carbocycles. The van der Waals surface area contributed by atoms with Crippen LogP contribution >= 0.6 is 23.2 Å². The lowest BCUT2D eigenvalue weighted by Crippen LogP contribution is -2.43. The van der Waals surface area contributed by atoms with Crippen LogP contribution in [0.15, 0.2) is 48.9 Å². The molecule has 1 aliphatic heterocycles. The van der Waals surface area contributed by atoms with Crippen LogP contribution in [0.4, 0.5) is 10.2 Å². The van der Waals surface area contributed by atoms with E-state index in [1.807, 2.05) is 24.4 Å². The van der Waals surface area contributed by atoms with Gasteiger partial charge in [-0.2, -0.15) is 0 Å². The summed E-state index contributed by atoms with van der Waals surface area (Å²) in [5, 5.41) is 3.65. The van der Waals surface area contributed by atoms with E-state index in [0.29, 0.717) is 16.3 Å². The summed E-state index contributed by atoms with van der Waals surface area (Å²) in [4.78, 5) is 11.1. The molecule has 1 fully saturated rings. The smallest absolute Gasteiger partial charge is 0.142 e. The van der Waals surface area contributed by atoms with Crippen molar-refractivity contribution in [3.63, 3.8) is 0 Å². The fraction of sp³-hybridized carbons (Fsp3) is 0.273. The summed E-state index contributed by atoms with van der Waals surface area (Å²) < 4.78 is 19.8. The van der Waals surface area contributed by atoms with E-state index in [4.69, 9.17) is 27.9 Å². The number of halogens is 3. The van der Waals surface area contributed by atoms with Crippen molar-refractivity contribution in [1.29, 1.82) is 0 Å². The topological polar surface area (TPSA) is 50.3 Å². The summed E-state index contributed by atoms with van der Waals surface area (Å²) in [6.45, 7) is 5.58. The molecule has 3 aromatic rings. The molecule has 2 aromatic heterocycles. The van der Waals surface area contributed by atoms with Gasteiger partial charge in [0.15, 0.2) is 0 Å². The van der Waals surface area contributed by atoms with Crippen molar-refractivity contribution in [3.05, 3.63) is 70.3 Å². The molecule has 8 heteroatoms. The first-order chi connectivity index (χ1) is 14.5. The number of piperazine rings is 1. The molecule has 0 spiro atoms. The minimum atomic E-state index is -0.550. The first-order valence-electron chi connectivity index (χ1n) is 9.70. The van der Waals surface area contributed by atoms with Gasteiger partial charge in [-0.25, -0.2) is 9.37 Å². The minimum Gasteiger partial charge on any atom is -0.484 e. The van der Waals surface area contributed by atoms with E-state index in [1.165, 1.54) is 12.1 Å². The van der Waals surface area contributed by atoms with Crippen molar-refractivity contribution in [3.8, 4) is 16.9 Å². The van der Waals surface area contributed by atoms with Crippen LogP contribution in [0.1, 0.15) is 18.6 Å². The molecule has 0 amide bonds. The lowest BCUT2D eigenvalue weighted by molar-refractivity contribution is 0.226. The largest absolute Gasteiger partial charge is 0.484 e. The van der Waals surface area contributed by atoms with Crippen molar-refractivity contribution in [1.82, 2.24) is 15.3 Å². The average Bonchev–Trinajstić information content (AvgIpc) is 2.77. The van der Waals surface area contributed by atoms with E-state index in [0.717, 1.165) is 43.1 Å². The number of ether oxygens (including phenoxy) is 1. The van der Waals surface area contributed by atoms with Crippen LogP contribution in [0.2, 0.25) is 10.0 Å². The Hall–Kier alpha value is -2.41. The van der Waals surface area contributed by atoms with Gasteiger partial charge < -0.3 is 15.0 Å². The van der Waals surface area contributed by atoms with Crippen molar-refractivity contribution >= 4 is 29.0 Å². The highest BCUT2D eigenvalue weighted by Gasteiger charge is 2.19. The second-order valence-electron chi connectivity index (χ2n) is 7.07. The van der Waals surface area contributed by atoms with Crippen molar-refractivity contribution in [2.45, 2.75) is 13.0 Å². The van der Waals surface area contributed by atoms with Crippen LogP contribution in [-0.2, 0) is 0 Å². The van der Waals surface area contributed by atoms with Gasteiger partial charge >= 0.3 is 0 Å². The molecular weight excluding hydrogens is 426 g/mol. The quantitative estimate of drug-likeness (QED) is 0.549. The maximum absolute atomic E-state index is 13.8. The molecule has 0 saturated carbocycles. The third-order valence-electron chi connectivity index (χ3n) is 5.03. The molecule has 1 N–H and O–H groups in total. The molecule has 1 saturated heterocycles. The summed E-state index contributed by atoms with van der Waals surface area (Å²) in [6.07, 6.45) is 4.64. The SMILES string of the molecule is C[C@H](Oc1cncc(-c2ccc(N3CCNCC3)nc2)c1)c1c(Cl)ccc(F)c1Cl. The number of nitrogens with zero attached hydrogens (tertiary/aromatic N) is 3. The molecule has 4 rings (SSSR count). The second kappa shape index (κ2) is 9.16. The number of aromatic nitrogens is 2. The molecule has 0 radical (unpaired) electrons. The Labute approximate surface area is 184 Å². The lowest BCUT2D eigenvalue weighted by Gasteiger charge is -2.28. The number of nitrogens with one attached hydrogen (secondary N) is 1. The van der Waals surface area contributed by atoms with Gasteiger partial charge in [0, 0.05) is 60.3 Å². The lowest BCUT2D eigenvalue weighted by atomic mass is 10.1. The Kier molecular flexibility index (Phi) is 6.37. The predicted molar refractivity (Wildman–Crippen MR) is 118 cm³/mol. The first-order valence-corrected chi connectivity index (χ1v) is 10.5. The highest BCUT2D eigenvalue weighted by molar-refractivity contribution is 6.36. The zero-order valence-electron chi connectivity index (χ0n) is 16.4. The Balaban J connectivity index is 1.52. The Bertz CT molecular complexity index is 1030. The number of rotatable bonds is 5. The fourth-order valence-electron chi connectivity index (χ4n) is 3.46. The standard InChI is InChI=1S/C22H21Cl2FN4O/c1-14(21-18(23)3-4-19(25)22(21)24)30-17-10-16(11-27-13-17)15-2-5-20(28-12-15)29-8-6-26-7-9-29/h2-5,10-14,26H,6-9H2,1H3/t14-/m0/s1. The number of anilines is 1. The number of benzene rings is 1. The molecule has 0 bridgehead atoms. The Morgan fingerprint density at radius 2 is 1.87 bits per heavy atom. The third-order valence-corrected chi connectivity index (χ3v) is 5.75. The van der Waals surface area contributed by atoms with E-state index in [-0.39, 0.29) is 5.02 Å². The highest BCUT2D eigenvalue weighted by Crippen LogP contribution is 2.35. The van der Waals surface area contributed by atoms with Crippen LogP contribution in [0.5, 0.6) is 5.75 Å². The second-order valence-corrected chi connectivity index (χ2v) is 7.85. The van der Waals surface area contributed by atoms with Gasteiger partial charge in [0.1, 0.15) is 23.5 Å². The van der Waals surface area contributed by atoms with Gasteiger partial charge in [0.25, 0.3) is 0 Å². The molecule has 3 heterocycles. The van der Waals surface area contributed by atoms with Crippen molar-refractivity contribution in [2.24, 2.45) is 0 Å². The average molecular weight is 447 g/mol. The van der Waals surface area contributed by atoms with Crippen LogP contribution in [-0.4, -0.2) is 36.1 Å². The summed E-state index contributed by atoms with van der Waals surface area (Å²) in [6, 6.07) is 8.61. The zero-order valence-corrected chi connectivity index (χ0v) is 17.9. The van der Waals surface area contributed by atoms with Gasteiger partial charge in [-0.1, -0.05) is 23.2 Å². The summed E-state index contributed by atoms with van der Waals surface area (Å²) in [5.74, 6) is 0.959. The molecular formula is C22H21Cl2FN4O. The summed E-state index contributed by atoms with van der Waals surface area (Å²) >= 11 is 12.3. The van der Waals surface area contributed by atoms with Crippen LogP contribution in [0.3, 0.4) is 0 Å². The normalized spacial score (nSPS) is 15.1. The van der Waals surface area contributed by atoms with Crippen LogP contribution < -0.4 is 15.0 Å². The van der Waals surface area contributed by atoms with Crippen molar-refractivity contribution < 1.29 is 9.13 Å². The first kappa shape index (κ1) is 20.8. The van der Waals surface area contributed by atoms with Crippen LogP contribution in [0, 0.1) is 5.82 Å².